The first-order valence-electron chi connectivity index (χ1n) is 3.91. The minimum absolute atomic E-state index is 0.239. The Morgan fingerprint density at radius 3 is 2.85 bits per heavy atom. The molecule has 2 aliphatic heterocycles. The van der Waals surface area contributed by atoms with Crippen LogP contribution in [0.3, 0.4) is 0 Å². The average Bonchev–Trinajstić information content (AvgIpc) is 2.56. The molecule has 72 valence electrons. The summed E-state index contributed by atoms with van der Waals surface area (Å²) in [5.41, 5.74) is 8.22. The molecule has 0 aromatic heterocycles. The first-order valence-corrected chi connectivity index (χ1v) is 3.91. The molecule has 0 spiro atoms. The Morgan fingerprint density at radius 1 is 1.38 bits per heavy atom. The normalized spacial score (nSPS) is 48.6. The number of ether oxygens (including phenoxy) is 2. The van der Waals surface area contributed by atoms with Gasteiger partial charge >= 0.3 is 0 Å². The zero-order chi connectivity index (χ0) is 9.42. The summed E-state index contributed by atoms with van der Waals surface area (Å²) >= 11 is 0. The molecule has 2 aliphatic rings. The second kappa shape index (κ2) is 3.13. The predicted octanol–water partition coefficient (Wildman–Crippen LogP) is -0.858. The standard InChI is InChI=1S/C6H9N3O4/c7-9-8-3-2-1-12-6(13-2)5(11)4(3)10/h2-6,10-11H,1H2/t2-,3-,4+,5-,6-/m1/s1. The highest BCUT2D eigenvalue weighted by Crippen LogP contribution is 2.29. The van der Waals surface area contributed by atoms with Crippen molar-refractivity contribution in [2.75, 3.05) is 6.61 Å². The monoisotopic (exact) mass is 187 g/mol. The highest BCUT2D eigenvalue weighted by atomic mass is 16.7. The number of hydrogen-bond donors (Lipinski definition) is 2. The van der Waals surface area contributed by atoms with E-state index in [9.17, 15) is 10.2 Å². The van der Waals surface area contributed by atoms with E-state index in [1.165, 1.54) is 0 Å². The molecular formula is C6H9N3O4. The SMILES string of the molecule is [N-]=[N+]=N[C@H]1[C@H](O)[C@@H](O)[C@@H]2OC[C@H]1O2. The van der Waals surface area contributed by atoms with Crippen LogP contribution in [0.5, 0.6) is 0 Å². The third kappa shape index (κ3) is 1.27. The summed E-state index contributed by atoms with van der Waals surface area (Å²) in [5.74, 6) is 0. The highest BCUT2D eigenvalue weighted by Gasteiger charge is 2.49. The molecule has 7 heteroatoms. The topological polar surface area (TPSA) is 108 Å². The fourth-order valence-electron chi connectivity index (χ4n) is 1.58. The molecule has 0 aromatic carbocycles. The summed E-state index contributed by atoms with van der Waals surface area (Å²) in [4.78, 5) is 2.58. The van der Waals surface area contributed by atoms with Gasteiger partial charge in [-0.25, -0.2) is 0 Å². The van der Waals surface area contributed by atoms with E-state index >= 15 is 0 Å². The Kier molecular flexibility index (Phi) is 2.10. The zero-order valence-electron chi connectivity index (χ0n) is 6.65. The Morgan fingerprint density at radius 2 is 2.15 bits per heavy atom. The van der Waals surface area contributed by atoms with Gasteiger partial charge in [-0.1, -0.05) is 5.11 Å². The number of fused-ring (bicyclic) bond motifs is 2. The van der Waals surface area contributed by atoms with E-state index in [2.05, 4.69) is 10.0 Å². The maximum atomic E-state index is 9.47. The molecule has 2 rings (SSSR count). The molecule has 13 heavy (non-hydrogen) atoms. The van der Waals surface area contributed by atoms with Gasteiger partial charge in [-0.3, -0.25) is 0 Å². The van der Waals surface area contributed by atoms with E-state index in [0.29, 0.717) is 0 Å². The molecule has 0 radical (unpaired) electrons. The van der Waals surface area contributed by atoms with Crippen LogP contribution in [-0.4, -0.2) is 47.5 Å². The van der Waals surface area contributed by atoms with E-state index in [1.54, 1.807) is 0 Å². The molecule has 7 nitrogen and oxygen atoms in total. The van der Waals surface area contributed by atoms with Crippen LogP contribution in [0, 0.1) is 0 Å². The lowest BCUT2D eigenvalue weighted by Gasteiger charge is -2.32. The van der Waals surface area contributed by atoms with Crippen LogP contribution < -0.4 is 0 Å². The van der Waals surface area contributed by atoms with Crippen molar-refractivity contribution in [3.8, 4) is 0 Å². The third-order valence-electron chi connectivity index (χ3n) is 2.28. The lowest BCUT2D eigenvalue weighted by molar-refractivity contribution is -0.198. The van der Waals surface area contributed by atoms with Crippen LogP contribution >= 0.6 is 0 Å². The summed E-state index contributed by atoms with van der Waals surface area (Å²) in [5, 5.41) is 22.2. The predicted molar refractivity (Wildman–Crippen MR) is 39.6 cm³/mol. The van der Waals surface area contributed by atoms with Crippen LogP contribution in [0.25, 0.3) is 10.4 Å². The summed E-state index contributed by atoms with van der Waals surface area (Å²) in [7, 11) is 0. The average molecular weight is 187 g/mol. The molecule has 2 fully saturated rings. The highest BCUT2D eigenvalue weighted by molar-refractivity contribution is 4.97. The summed E-state index contributed by atoms with van der Waals surface area (Å²) in [6.07, 6.45) is -3.49. The second-order valence-corrected chi connectivity index (χ2v) is 3.05. The Balaban J connectivity index is 2.21. The number of aliphatic hydroxyl groups is 2. The fraction of sp³-hybridized carbons (Fsp3) is 1.00. The van der Waals surface area contributed by atoms with Gasteiger partial charge in [-0.05, 0) is 5.53 Å². The minimum atomic E-state index is -1.14. The number of azide groups is 1. The van der Waals surface area contributed by atoms with Crippen LogP contribution in [-0.2, 0) is 9.47 Å². The first kappa shape index (κ1) is 8.74. The van der Waals surface area contributed by atoms with E-state index in [-0.39, 0.29) is 6.61 Å². The summed E-state index contributed by atoms with van der Waals surface area (Å²) in [6, 6.07) is -0.765. The molecular weight excluding hydrogens is 178 g/mol. The van der Waals surface area contributed by atoms with Gasteiger partial charge in [0.25, 0.3) is 0 Å². The van der Waals surface area contributed by atoms with Crippen LogP contribution in [0.2, 0.25) is 0 Å². The van der Waals surface area contributed by atoms with E-state index in [4.69, 9.17) is 15.0 Å². The van der Waals surface area contributed by atoms with Crippen molar-refractivity contribution >= 4 is 0 Å². The molecule has 0 aromatic rings. The molecule has 2 heterocycles. The van der Waals surface area contributed by atoms with Crippen molar-refractivity contribution in [3.05, 3.63) is 10.4 Å². The van der Waals surface area contributed by atoms with Crippen molar-refractivity contribution in [1.82, 2.24) is 0 Å². The molecule has 0 aliphatic carbocycles. The maximum Gasteiger partial charge on any atom is 0.186 e. The first-order chi connectivity index (χ1) is 6.24. The molecule has 2 N–H and O–H groups in total. The number of hydrogen-bond acceptors (Lipinski definition) is 5. The van der Waals surface area contributed by atoms with Crippen molar-refractivity contribution in [2.45, 2.75) is 30.6 Å². The van der Waals surface area contributed by atoms with Gasteiger partial charge in [-0.15, -0.1) is 0 Å². The third-order valence-corrected chi connectivity index (χ3v) is 2.28. The smallest absolute Gasteiger partial charge is 0.186 e. The van der Waals surface area contributed by atoms with Gasteiger partial charge < -0.3 is 19.7 Å². The lowest BCUT2D eigenvalue weighted by Crippen LogP contribution is -2.52. The number of aliphatic hydroxyl groups excluding tert-OH is 2. The molecule has 5 atom stereocenters. The summed E-state index contributed by atoms with van der Waals surface area (Å²) in [6.45, 7) is 0.239. The number of rotatable bonds is 1. The van der Waals surface area contributed by atoms with Crippen molar-refractivity contribution in [2.24, 2.45) is 5.11 Å². The molecule has 2 saturated heterocycles. The number of nitrogens with zero attached hydrogens (tertiary/aromatic N) is 3. The zero-order valence-corrected chi connectivity index (χ0v) is 6.65. The molecule has 0 amide bonds. The van der Waals surface area contributed by atoms with E-state index in [0.717, 1.165) is 0 Å². The molecule has 2 bridgehead atoms. The quantitative estimate of drug-likeness (QED) is 0.316. The lowest BCUT2D eigenvalue weighted by atomic mass is 9.99. The van der Waals surface area contributed by atoms with E-state index < -0.39 is 30.6 Å². The summed E-state index contributed by atoms with van der Waals surface area (Å²) < 4.78 is 10.2. The van der Waals surface area contributed by atoms with Gasteiger partial charge in [0.2, 0.25) is 0 Å². The van der Waals surface area contributed by atoms with Gasteiger partial charge in [0.05, 0.1) is 24.9 Å². The minimum Gasteiger partial charge on any atom is -0.390 e. The van der Waals surface area contributed by atoms with E-state index in [1.807, 2.05) is 0 Å². The Hall–Kier alpha value is -0.850. The van der Waals surface area contributed by atoms with Gasteiger partial charge in [0, 0.05) is 4.91 Å². The van der Waals surface area contributed by atoms with Crippen LogP contribution in [0.4, 0.5) is 0 Å². The van der Waals surface area contributed by atoms with Crippen molar-refractivity contribution in [1.29, 1.82) is 0 Å². The van der Waals surface area contributed by atoms with Crippen LogP contribution in [0.15, 0.2) is 5.11 Å². The molecule has 0 unspecified atom stereocenters. The van der Waals surface area contributed by atoms with Gasteiger partial charge in [0.15, 0.2) is 6.29 Å². The van der Waals surface area contributed by atoms with Crippen LogP contribution in [0.1, 0.15) is 0 Å². The fourth-order valence-corrected chi connectivity index (χ4v) is 1.58. The van der Waals surface area contributed by atoms with Gasteiger partial charge in [0.1, 0.15) is 6.10 Å². The van der Waals surface area contributed by atoms with Crippen molar-refractivity contribution in [3.63, 3.8) is 0 Å². The largest absolute Gasteiger partial charge is 0.390 e. The Bertz CT molecular complexity index is 254. The van der Waals surface area contributed by atoms with Gasteiger partial charge in [-0.2, -0.15) is 0 Å². The maximum absolute atomic E-state index is 9.47. The molecule has 0 saturated carbocycles. The van der Waals surface area contributed by atoms with Crippen molar-refractivity contribution < 1.29 is 19.7 Å². The Labute approximate surface area is 73.5 Å². The second-order valence-electron chi connectivity index (χ2n) is 3.05.